The standard InChI is InChI=1S/C19H22FN3O3S.ClH/c1-21-27(25,26)15-6-2-13(3-7-15)4-9-18(24)23-17-8-5-14-12-22-11-10-16(14)19(17)20;/h2-3,5-8,21-22H,4,9-12H2,1H3,(H,23,24);1H. The van der Waals surface area contributed by atoms with Crippen LogP contribution in [-0.2, 0) is 34.2 Å². The number of hydrogen-bond donors (Lipinski definition) is 3. The third-order valence-corrected chi connectivity index (χ3v) is 6.05. The Balaban J connectivity index is 0.00000280. The molecular weight excluding hydrogens is 405 g/mol. The summed E-state index contributed by atoms with van der Waals surface area (Å²) in [4.78, 5) is 12.4. The maximum Gasteiger partial charge on any atom is 0.240 e. The molecule has 28 heavy (non-hydrogen) atoms. The smallest absolute Gasteiger partial charge is 0.240 e. The van der Waals surface area contributed by atoms with Crippen molar-refractivity contribution in [3.05, 3.63) is 58.9 Å². The average molecular weight is 428 g/mol. The Bertz CT molecular complexity index is 950. The van der Waals surface area contributed by atoms with E-state index in [1.165, 1.54) is 19.2 Å². The molecule has 1 aliphatic rings. The summed E-state index contributed by atoms with van der Waals surface area (Å²) < 4.78 is 40.2. The molecule has 0 radical (unpaired) electrons. The molecule has 0 fully saturated rings. The van der Waals surface area contributed by atoms with Gasteiger partial charge in [-0.2, -0.15) is 0 Å². The average Bonchev–Trinajstić information content (AvgIpc) is 2.69. The van der Waals surface area contributed by atoms with Gasteiger partial charge in [-0.3, -0.25) is 4.79 Å². The van der Waals surface area contributed by atoms with Gasteiger partial charge in [0.2, 0.25) is 15.9 Å². The molecule has 0 spiro atoms. The molecule has 2 aromatic rings. The molecule has 0 bridgehead atoms. The summed E-state index contributed by atoms with van der Waals surface area (Å²) in [5.74, 6) is -0.640. The van der Waals surface area contributed by atoms with Crippen molar-refractivity contribution in [1.29, 1.82) is 0 Å². The number of rotatable bonds is 6. The second-order valence-corrected chi connectivity index (χ2v) is 8.28. The van der Waals surface area contributed by atoms with Crippen LogP contribution in [0.5, 0.6) is 0 Å². The second-order valence-electron chi connectivity index (χ2n) is 6.39. The number of anilines is 1. The minimum Gasteiger partial charge on any atom is -0.324 e. The summed E-state index contributed by atoms with van der Waals surface area (Å²) in [6.45, 7) is 1.36. The fourth-order valence-corrected chi connectivity index (χ4v) is 3.78. The van der Waals surface area contributed by atoms with Crippen LogP contribution in [0.25, 0.3) is 0 Å². The molecule has 9 heteroatoms. The molecule has 0 unspecified atom stereocenters. The first-order valence-corrected chi connectivity index (χ1v) is 10.2. The quantitative estimate of drug-likeness (QED) is 0.660. The van der Waals surface area contributed by atoms with Crippen molar-refractivity contribution in [2.75, 3.05) is 18.9 Å². The van der Waals surface area contributed by atoms with Crippen LogP contribution in [-0.4, -0.2) is 27.9 Å². The highest BCUT2D eigenvalue weighted by molar-refractivity contribution is 7.89. The first-order valence-electron chi connectivity index (χ1n) is 8.74. The van der Waals surface area contributed by atoms with Gasteiger partial charge in [0, 0.05) is 13.0 Å². The number of sulfonamides is 1. The Hall–Kier alpha value is -2.00. The Morgan fingerprint density at radius 1 is 1.18 bits per heavy atom. The number of carbonyl (C=O) groups is 1. The van der Waals surface area contributed by atoms with Crippen molar-refractivity contribution in [2.45, 2.75) is 30.7 Å². The fraction of sp³-hybridized carbons (Fsp3) is 0.316. The zero-order chi connectivity index (χ0) is 19.4. The Morgan fingerprint density at radius 2 is 1.89 bits per heavy atom. The summed E-state index contributed by atoms with van der Waals surface area (Å²) in [6.07, 6.45) is 1.21. The van der Waals surface area contributed by atoms with E-state index in [4.69, 9.17) is 0 Å². The maximum absolute atomic E-state index is 14.6. The highest BCUT2D eigenvalue weighted by Gasteiger charge is 2.17. The summed E-state index contributed by atoms with van der Waals surface area (Å²) in [5.41, 5.74) is 2.62. The van der Waals surface area contributed by atoms with Gasteiger partial charge >= 0.3 is 0 Å². The van der Waals surface area contributed by atoms with Crippen molar-refractivity contribution < 1.29 is 17.6 Å². The molecule has 152 valence electrons. The second kappa shape index (κ2) is 9.47. The van der Waals surface area contributed by atoms with Gasteiger partial charge in [0.25, 0.3) is 0 Å². The van der Waals surface area contributed by atoms with Crippen LogP contribution in [0, 0.1) is 5.82 Å². The molecule has 6 nitrogen and oxygen atoms in total. The molecule has 0 saturated heterocycles. The van der Waals surface area contributed by atoms with Crippen molar-refractivity contribution in [3.8, 4) is 0 Å². The number of hydrogen-bond acceptors (Lipinski definition) is 4. The molecule has 0 saturated carbocycles. The molecule has 0 aromatic heterocycles. The monoisotopic (exact) mass is 427 g/mol. The zero-order valence-corrected chi connectivity index (χ0v) is 17.1. The molecule has 1 heterocycles. The Labute approximate surface area is 170 Å². The maximum atomic E-state index is 14.6. The molecule has 1 aliphatic heterocycles. The largest absolute Gasteiger partial charge is 0.324 e. The molecule has 1 amide bonds. The molecule has 2 aromatic carbocycles. The number of aryl methyl sites for hydroxylation is 1. The number of nitrogens with one attached hydrogen (secondary N) is 3. The van der Waals surface area contributed by atoms with Crippen molar-refractivity contribution in [2.24, 2.45) is 0 Å². The normalized spacial score (nSPS) is 13.4. The van der Waals surface area contributed by atoms with Crippen molar-refractivity contribution in [3.63, 3.8) is 0 Å². The zero-order valence-electron chi connectivity index (χ0n) is 15.4. The van der Waals surface area contributed by atoms with E-state index in [1.54, 1.807) is 18.2 Å². The number of benzene rings is 2. The van der Waals surface area contributed by atoms with Gasteiger partial charge in [-0.15, -0.1) is 12.4 Å². The fourth-order valence-electron chi connectivity index (χ4n) is 3.05. The Morgan fingerprint density at radius 3 is 2.57 bits per heavy atom. The van der Waals surface area contributed by atoms with Crippen LogP contribution in [0.1, 0.15) is 23.1 Å². The highest BCUT2D eigenvalue weighted by atomic mass is 35.5. The third kappa shape index (κ3) is 5.08. The summed E-state index contributed by atoms with van der Waals surface area (Å²) in [7, 11) is -2.12. The van der Waals surface area contributed by atoms with Gasteiger partial charge in [-0.1, -0.05) is 18.2 Å². The molecule has 0 aliphatic carbocycles. The van der Waals surface area contributed by atoms with Crippen LogP contribution in [0.4, 0.5) is 10.1 Å². The highest BCUT2D eigenvalue weighted by Crippen LogP contribution is 2.24. The lowest BCUT2D eigenvalue weighted by atomic mass is 9.99. The van der Waals surface area contributed by atoms with E-state index in [0.29, 0.717) is 24.9 Å². The molecular formula is C19H23ClFN3O3S. The van der Waals surface area contributed by atoms with Crippen LogP contribution < -0.4 is 15.4 Å². The lowest BCUT2D eigenvalue weighted by molar-refractivity contribution is -0.116. The van der Waals surface area contributed by atoms with Gasteiger partial charge in [0.15, 0.2) is 0 Å². The van der Waals surface area contributed by atoms with E-state index in [9.17, 15) is 17.6 Å². The topological polar surface area (TPSA) is 87.3 Å². The number of halogens is 2. The van der Waals surface area contributed by atoms with Crippen LogP contribution in [0.3, 0.4) is 0 Å². The van der Waals surface area contributed by atoms with Gasteiger partial charge in [-0.05, 0) is 61.3 Å². The van der Waals surface area contributed by atoms with E-state index in [-0.39, 0.29) is 41.1 Å². The number of fused-ring (bicyclic) bond motifs is 1. The Kier molecular flexibility index (Phi) is 7.54. The first kappa shape index (κ1) is 22.3. The summed E-state index contributed by atoms with van der Waals surface area (Å²) in [5, 5.41) is 5.82. The van der Waals surface area contributed by atoms with Crippen LogP contribution in [0.15, 0.2) is 41.3 Å². The van der Waals surface area contributed by atoms with E-state index >= 15 is 0 Å². The van der Waals surface area contributed by atoms with Crippen molar-refractivity contribution >= 4 is 34.0 Å². The van der Waals surface area contributed by atoms with E-state index < -0.39 is 10.0 Å². The molecule has 0 atom stereocenters. The van der Waals surface area contributed by atoms with E-state index in [2.05, 4.69) is 15.4 Å². The van der Waals surface area contributed by atoms with Gasteiger partial charge in [-0.25, -0.2) is 17.5 Å². The van der Waals surface area contributed by atoms with Gasteiger partial charge in [0.05, 0.1) is 10.6 Å². The number of amides is 1. The number of carbonyl (C=O) groups excluding carboxylic acids is 1. The predicted octanol–water partition coefficient (Wildman–Crippen LogP) is 2.37. The van der Waals surface area contributed by atoms with Crippen molar-refractivity contribution in [1.82, 2.24) is 10.0 Å². The summed E-state index contributed by atoms with van der Waals surface area (Å²) in [6, 6.07) is 9.76. The van der Waals surface area contributed by atoms with E-state index in [1.807, 2.05) is 6.07 Å². The first-order chi connectivity index (χ1) is 12.9. The minimum atomic E-state index is -3.47. The van der Waals surface area contributed by atoms with E-state index in [0.717, 1.165) is 17.7 Å². The lowest BCUT2D eigenvalue weighted by Crippen LogP contribution is -2.25. The summed E-state index contributed by atoms with van der Waals surface area (Å²) >= 11 is 0. The molecule has 3 rings (SSSR count). The van der Waals surface area contributed by atoms with Crippen LogP contribution >= 0.6 is 12.4 Å². The van der Waals surface area contributed by atoms with Crippen LogP contribution in [0.2, 0.25) is 0 Å². The predicted molar refractivity (Wildman–Crippen MR) is 109 cm³/mol. The minimum absolute atomic E-state index is 0. The van der Waals surface area contributed by atoms with Gasteiger partial charge in [0.1, 0.15) is 5.82 Å². The molecule has 3 N–H and O–H groups in total. The lowest BCUT2D eigenvalue weighted by Gasteiger charge is -2.19. The third-order valence-electron chi connectivity index (χ3n) is 4.62. The van der Waals surface area contributed by atoms with Gasteiger partial charge < -0.3 is 10.6 Å². The SMILES string of the molecule is CNS(=O)(=O)c1ccc(CCC(=O)Nc2ccc3c(c2F)CCNC3)cc1.Cl.